The third-order valence-corrected chi connectivity index (χ3v) is 2.44. The fraction of sp³-hybridized carbons (Fsp3) is 0.0769. The normalized spacial score (nSPS) is 9.95. The molecule has 0 aliphatic rings. The summed E-state index contributed by atoms with van der Waals surface area (Å²) in [7, 11) is 1.53. The van der Waals surface area contributed by atoms with E-state index < -0.39 is 5.91 Å². The first-order chi connectivity index (χ1) is 9.11. The van der Waals surface area contributed by atoms with Crippen LogP contribution in [0.25, 0.3) is 0 Å². The lowest BCUT2D eigenvalue weighted by Gasteiger charge is -2.12. The van der Waals surface area contributed by atoms with Crippen LogP contribution in [-0.4, -0.2) is 18.0 Å². The number of nitrogens with zero attached hydrogens (tertiary/aromatic N) is 1. The molecule has 6 heteroatoms. The number of hydrogen-bond donors (Lipinski definition) is 2. The number of anilines is 1. The summed E-state index contributed by atoms with van der Waals surface area (Å²) < 4.78 is 10.8. The largest absolute Gasteiger partial charge is 0.493 e. The molecule has 1 aromatic heterocycles. The van der Waals surface area contributed by atoms with E-state index >= 15 is 0 Å². The van der Waals surface area contributed by atoms with Crippen LogP contribution in [0.3, 0.4) is 0 Å². The van der Waals surface area contributed by atoms with Gasteiger partial charge in [0.15, 0.2) is 17.2 Å². The Hall–Kier alpha value is -2.76. The number of pyridine rings is 1. The van der Waals surface area contributed by atoms with Crippen LogP contribution < -0.4 is 20.9 Å². The summed E-state index contributed by atoms with van der Waals surface area (Å²) in [5.41, 5.74) is 11.0. The molecule has 4 N–H and O–H groups in total. The third kappa shape index (κ3) is 2.74. The summed E-state index contributed by atoms with van der Waals surface area (Å²) in [5.74, 6) is 0.778. The number of benzene rings is 1. The first-order valence-corrected chi connectivity index (χ1v) is 5.48. The molecule has 6 nitrogen and oxygen atoms in total. The van der Waals surface area contributed by atoms with Gasteiger partial charge in [-0.1, -0.05) is 12.1 Å². The maximum absolute atomic E-state index is 11.3. The fourth-order valence-corrected chi connectivity index (χ4v) is 1.55. The zero-order valence-corrected chi connectivity index (χ0v) is 10.3. The lowest BCUT2D eigenvalue weighted by molar-refractivity contribution is 0.0998. The predicted molar refractivity (Wildman–Crippen MR) is 70.2 cm³/mol. The van der Waals surface area contributed by atoms with Crippen LogP contribution in [0.4, 0.5) is 5.82 Å². The van der Waals surface area contributed by atoms with Gasteiger partial charge in [0.1, 0.15) is 5.82 Å². The van der Waals surface area contributed by atoms with Crippen molar-refractivity contribution in [2.45, 2.75) is 0 Å². The Bertz CT molecular complexity index is 614. The SMILES string of the molecule is COc1ccccc1Oc1cnc(N)cc1C(N)=O. The highest BCUT2D eigenvalue weighted by molar-refractivity contribution is 5.96. The van der Waals surface area contributed by atoms with Gasteiger partial charge >= 0.3 is 0 Å². The second-order valence-corrected chi connectivity index (χ2v) is 3.72. The Morgan fingerprint density at radius 1 is 1.21 bits per heavy atom. The molecule has 1 amide bonds. The van der Waals surface area contributed by atoms with Gasteiger partial charge < -0.3 is 20.9 Å². The van der Waals surface area contributed by atoms with E-state index in [0.29, 0.717) is 11.5 Å². The number of rotatable bonds is 4. The topological polar surface area (TPSA) is 100 Å². The van der Waals surface area contributed by atoms with E-state index in [0.717, 1.165) is 0 Å². The number of ether oxygens (including phenoxy) is 2. The molecule has 19 heavy (non-hydrogen) atoms. The first kappa shape index (κ1) is 12.7. The molecular weight excluding hydrogens is 246 g/mol. The van der Waals surface area contributed by atoms with E-state index in [4.69, 9.17) is 20.9 Å². The summed E-state index contributed by atoms with van der Waals surface area (Å²) >= 11 is 0. The Kier molecular flexibility index (Phi) is 3.51. The fourth-order valence-electron chi connectivity index (χ4n) is 1.55. The van der Waals surface area contributed by atoms with Crippen molar-refractivity contribution < 1.29 is 14.3 Å². The Morgan fingerprint density at radius 2 is 1.89 bits per heavy atom. The molecule has 0 atom stereocenters. The lowest BCUT2D eigenvalue weighted by atomic mass is 10.2. The lowest BCUT2D eigenvalue weighted by Crippen LogP contribution is -2.13. The molecule has 0 spiro atoms. The number of hydrogen-bond acceptors (Lipinski definition) is 5. The summed E-state index contributed by atoms with van der Waals surface area (Å²) in [6.07, 6.45) is 1.35. The van der Waals surface area contributed by atoms with Crippen LogP contribution in [0.15, 0.2) is 36.5 Å². The molecule has 1 heterocycles. The van der Waals surface area contributed by atoms with Gasteiger partial charge in [0.2, 0.25) is 0 Å². The average molecular weight is 259 g/mol. The van der Waals surface area contributed by atoms with Crippen molar-refractivity contribution in [3.63, 3.8) is 0 Å². The van der Waals surface area contributed by atoms with Crippen molar-refractivity contribution in [3.8, 4) is 17.2 Å². The number of primary amides is 1. The number of methoxy groups -OCH3 is 1. The van der Waals surface area contributed by atoms with Crippen LogP contribution in [0.1, 0.15) is 10.4 Å². The number of para-hydroxylation sites is 2. The number of amides is 1. The highest BCUT2D eigenvalue weighted by Gasteiger charge is 2.13. The monoisotopic (exact) mass is 259 g/mol. The number of carbonyl (C=O) groups is 1. The molecule has 0 radical (unpaired) electrons. The molecule has 1 aromatic carbocycles. The van der Waals surface area contributed by atoms with Crippen molar-refractivity contribution in [2.75, 3.05) is 12.8 Å². The molecular formula is C13H13N3O3. The van der Waals surface area contributed by atoms with E-state index in [1.165, 1.54) is 19.4 Å². The van der Waals surface area contributed by atoms with E-state index in [1.807, 2.05) is 6.07 Å². The van der Waals surface area contributed by atoms with Crippen LogP contribution in [0, 0.1) is 0 Å². The molecule has 0 fully saturated rings. The van der Waals surface area contributed by atoms with Gasteiger partial charge in [0, 0.05) is 0 Å². The Morgan fingerprint density at radius 3 is 2.53 bits per heavy atom. The van der Waals surface area contributed by atoms with Crippen molar-refractivity contribution >= 4 is 11.7 Å². The van der Waals surface area contributed by atoms with E-state index in [-0.39, 0.29) is 17.1 Å². The van der Waals surface area contributed by atoms with Crippen molar-refractivity contribution in [2.24, 2.45) is 5.73 Å². The van der Waals surface area contributed by atoms with Crippen molar-refractivity contribution in [3.05, 3.63) is 42.1 Å². The summed E-state index contributed by atoms with van der Waals surface area (Å²) in [6.45, 7) is 0. The van der Waals surface area contributed by atoms with Gasteiger partial charge in [0.05, 0.1) is 18.9 Å². The number of carbonyl (C=O) groups excluding carboxylic acids is 1. The van der Waals surface area contributed by atoms with Gasteiger partial charge in [-0.15, -0.1) is 0 Å². The van der Waals surface area contributed by atoms with Crippen molar-refractivity contribution in [1.29, 1.82) is 0 Å². The first-order valence-electron chi connectivity index (χ1n) is 5.48. The summed E-state index contributed by atoms with van der Waals surface area (Å²) in [6, 6.07) is 8.41. The van der Waals surface area contributed by atoms with Gasteiger partial charge in [0.25, 0.3) is 5.91 Å². The van der Waals surface area contributed by atoms with Crippen LogP contribution in [-0.2, 0) is 0 Å². The smallest absolute Gasteiger partial charge is 0.252 e. The maximum Gasteiger partial charge on any atom is 0.252 e. The Labute approximate surface area is 110 Å². The predicted octanol–water partition coefficient (Wildman–Crippen LogP) is 1.56. The van der Waals surface area contributed by atoms with Crippen LogP contribution >= 0.6 is 0 Å². The molecule has 0 saturated carbocycles. The zero-order valence-electron chi connectivity index (χ0n) is 10.3. The molecule has 0 bridgehead atoms. The molecule has 2 rings (SSSR count). The van der Waals surface area contributed by atoms with E-state index in [2.05, 4.69) is 4.98 Å². The van der Waals surface area contributed by atoms with Gasteiger partial charge in [-0.3, -0.25) is 4.79 Å². The molecule has 98 valence electrons. The zero-order chi connectivity index (χ0) is 13.8. The van der Waals surface area contributed by atoms with Gasteiger partial charge in [-0.25, -0.2) is 4.98 Å². The number of aromatic nitrogens is 1. The van der Waals surface area contributed by atoms with Crippen molar-refractivity contribution in [1.82, 2.24) is 4.98 Å². The van der Waals surface area contributed by atoms with Gasteiger partial charge in [-0.05, 0) is 18.2 Å². The minimum atomic E-state index is -0.640. The molecule has 0 saturated heterocycles. The second-order valence-electron chi connectivity index (χ2n) is 3.72. The minimum absolute atomic E-state index is 0.165. The highest BCUT2D eigenvalue weighted by Crippen LogP contribution is 2.32. The third-order valence-electron chi connectivity index (χ3n) is 2.44. The molecule has 0 unspecified atom stereocenters. The molecule has 2 aromatic rings. The quantitative estimate of drug-likeness (QED) is 0.867. The second kappa shape index (κ2) is 5.26. The standard InChI is InChI=1S/C13H13N3O3/c1-18-9-4-2-3-5-10(9)19-11-7-16-12(14)6-8(11)13(15)17/h2-7H,1H3,(H2,14,16)(H2,15,17). The number of nitrogen functional groups attached to an aromatic ring is 1. The highest BCUT2D eigenvalue weighted by atomic mass is 16.5. The van der Waals surface area contributed by atoms with Crippen LogP contribution in [0.2, 0.25) is 0 Å². The summed E-state index contributed by atoms with van der Waals surface area (Å²) in [4.78, 5) is 15.2. The van der Waals surface area contributed by atoms with E-state index in [1.54, 1.807) is 18.2 Å². The molecule has 0 aliphatic heterocycles. The molecule has 0 aliphatic carbocycles. The average Bonchev–Trinajstić information content (AvgIpc) is 2.41. The maximum atomic E-state index is 11.3. The number of nitrogens with two attached hydrogens (primary N) is 2. The van der Waals surface area contributed by atoms with E-state index in [9.17, 15) is 4.79 Å². The minimum Gasteiger partial charge on any atom is -0.493 e. The Balaban J connectivity index is 2.41. The van der Waals surface area contributed by atoms with Crippen LogP contribution in [0.5, 0.6) is 17.2 Å². The van der Waals surface area contributed by atoms with Gasteiger partial charge in [-0.2, -0.15) is 0 Å². The summed E-state index contributed by atoms with van der Waals surface area (Å²) in [5, 5.41) is 0.